The summed E-state index contributed by atoms with van der Waals surface area (Å²) >= 11 is 0. The van der Waals surface area contributed by atoms with E-state index in [1.54, 1.807) is 0 Å². The minimum absolute atomic E-state index is 0.0364. The van der Waals surface area contributed by atoms with Gasteiger partial charge in [0.1, 0.15) is 5.54 Å². The first-order valence-corrected chi connectivity index (χ1v) is 8.78. The zero-order valence-electron chi connectivity index (χ0n) is 9.75. The second-order valence-electron chi connectivity index (χ2n) is 4.26. The molecule has 0 unspecified atom stereocenters. The lowest BCUT2D eigenvalue weighted by molar-refractivity contribution is -0.147. The predicted octanol–water partition coefficient (Wildman–Crippen LogP) is -1.46. The lowest BCUT2D eigenvalue weighted by atomic mass is 9.92. The summed E-state index contributed by atoms with van der Waals surface area (Å²) in [4.78, 5) is 11.2. The molecule has 0 spiro atoms. The minimum Gasteiger partial charge on any atom is -0.480 e. The Morgan fingerprint density at radius 1 is 1.28 bits per heavy atom. The van der Waals surface area contributed by atoms with Gasteiger partial charge in [0.05, 0.1) is 0 Å². The van der Waals surface area contributed by atoms with Crippen LogP contribution in [-0.4, -0.2) is 58.0 Å². The molecular weight excluding hydrogens is 286 g/mol. The van der Waals surface area contributed by atoms with Gasteiger partial charge in [-0.3, -0.25) is 4.79 Å². The largest absolute Gasteiger partial charge is 0.480 e. The van der Waals surface area contributed by atoms with Gasteiger partial charge in [-0.05, 0) is 0 Å². The fraction of sp³-hybridized carbons (Fsp3) is 0.875. The van der Waals surface area contributed by atoms with E-state index in [0.29, 0.717) is 0 Å². The third-order valence-electron chi connectivity index (χ3n) is 2.48. The van der Waals surface area contributed by atoms with Gasteiger partial charge in [-0.1, -0.05) is 0 Å². The highest BCUT2D eigenvalue weighted by molar-refractivity contribution is 8.06. The molecule has 0 atom stereocenters. The fourth-order valence-corrected chi connectivity index (χ4v) is 5.07. The van der Waals surface area contributed by atoms with Crippen LogP contribution < -0.4 is 4.72 Å². The number of aliphatic carboxylic acids is 1. The van der Waals surface area contributed by atoms with E-state index < -0.39 is 36.5 Å². The van der Waals surface area contributed by atoms with Crippen molar-refractivity contribution in [1.29, 1.82) is 0 Å². The Morgan fingerprint density at radius 2 is 1.78 bits per heavy atom. The zero-order chi connectivity index (χ0) is 14.0. The smallest absolute Gasteiger partial charge is 0.325 e. The molecule has 18 heavy (non-hydrogen) atoms. The maximum atomic E-state index is 11.6. The van der Waals surface area contributed by atoms with Crippen molar-refractivity contribution < 1.29 is 31.5 Å². The van der Waals surface area contributed by atoms with Gasteiger partial charge in [0.15, 0.2) is 14.9 Å². The van der Waals surface area contributed by atoms with Crippen LogP contribution in [0.1, 0.15) is 12.8 Å². The van der Waals surface area contributed by atoms with Crippen molar-refractivity contribution in [2.45, 2.75) is 18.4 Å². The van der Waals surface area contributed by atoms with Crippen LogP contribution in [0, 0.1) is 0 Å². The predicted molar refractivity (Wildman–Crippen MR) is 62.2 cm³/mol. The third kappa shape index (κ3) is 4.19. The van der Waals surface area contributed by atoms with Crippen LogP contribution >= 0.6 is 0 Å². The van der Waals surface area contributed by atoms with E-state index in [0.717, 1.165) is 6.26 Å². The molecule has 0 radical (unpaired) electrons. The van der Waals surface area contributed by atoms with Gasteiger partial charge >= 0.3 is 5.97 Å². The van der Waals surface area contributed by atoms with Crippen molar-refractivity contribution in [3.63, 3.8) is 0 Å². The number of carboxylic acid groups (broad SMARTS) is 1. The summed E-state index contributed by atoms with van der Waals surface area (Å²) in [7, 11) is -7.98. The van der Waals surface area contributed by atoms with Crippen LogP contribution in [0.2, 0.25) is 0 Å². The molecule has 10 heteroatoms. The summed E-state index contributed by atoms with van der Waals surface area (Å²) in [5.41, 5.74) is -1.68. The van der Waals surface area contributed by atoms with E-state index in [1.807, 2.05) is 4.72 Å². The first-order chi connectivity index (χ1) is 8.06. The van der Waals surface area contributed by atoms with Crippen molar-refractivity contribution in [3.05, 3.63) is 0 Å². The average Bonchev–Trinajstić information content (AvgIpc) is 2.13. The number of carboxylic acids is 1. The quantitative estimate of drug-likeness (QED) is 0.635. The lowest BCUT2D eigenvalue weighted by Gasteiger charge is -2.33. The fourth-order valence-electron chi connectivity index (χ4n) is 1.69. The number of sulfone groups is 1. The summed E-state index contributed by atoms with van der Waals surface area (Å²) in [6.07, 6.45) is 0.695. The molecule has 1 aliphatic rings. The van der Waals surface area contributed by atoms with Crippen molar-refractivity contribution in [2.75, 3.05) is 24.6 Å². The molecule has 1 aliphatic heterocycles. The van der Waals surface area contributed by atoms with Crippen molar-refractivity contribution in [3.8, 4) is 0 Å². The summed E-state index contributed by atoms with van der Waals surface area (Å²) < 4.78 is 52.2. The molecule has 106 valence electrons. The molecule has 1 fully saturated rings. The van der Waals surface area contributed by atoms with Gasteiger partial charge < -0.3 is 9.84 Å². The van der Waals surface area contributed by atoms with E-state index >= 15 is 0 Å². The monoisotopic (exact) mass is 301 g/mol. The SMILES string of the molecule is CS(=O)(=O)CS(=O)(=O)NC1(C(=O)O)CCOCC1. The maximum Gasteiger partial charge on any atom is 0.325 e. The number of sulfonamides is 1. The summed E-state index contributed by atoms with van der Waals surface area (Å²) in [5, 5.41) is 7.99. The molecule has 1 saturated heterocycles. The number of hydrogen-bond acceptors (Lipinski definition) is 6. The topological polar surface area (TPSA) is 127 Å². The Morgan fingerprint density at radius 3 is 2.17 bits per heavy atom. The second kappa shape index (κ2) is 5.11. The Labute approximate surface area is 105 Å². The van der Waals surface area contributed by atoms with E-state index in [1.165, 1.54) is 0 Å². The molecular formula is C8H15NO7S2. The van der Waals surface area contributed by atoms with Gasteiger partial charge in [-0.25, -0.2) is 16.8 Å². The van der Waals surface area contributed by atoms with Crippen LogP contribution in [0.25, 0.3) is 0 Å². The Hall–Kier alpha value is -0.710. The molecule has 0 aromatic rings. The van der Waals surface area contributed by atoms with Gasteiger partial charge in [0.25, 0.3) is 0 Å². The average molecular weight is 301 g/mol. The van der Waals surface area contributed by atoms with E-state index in [-0.39, 0.29) is 26.1 Å². The summed E-state index contributed by atoms with van der Waals surface area (Å²) in [5.74, 6) is -1.33. The van der Waals surface area contributed by atoms with Crippen molar-refractivity contribution in [1.82, 2.24) is 4.72 Å². The van der Waals surface area contributed by atoms with Crippen LogP contribution in [0.3, 0.4) is 0 Å². The van der Waals surface area contributed by atoms with Gasteiger partial charge in [-0.15, -0.1) is 0 Å². The van der Waals surface area contributed by atoms with Gasteiger partial charge in [-0.2, -0.15) is 4.72 Å². The Bertz CT molecular complexity index is 516. The van der Waals surface area contributed by atoms with Crippen LogP contribution in [0.5, 0.6) is 0 Å². The minimum atomic E-state index is -4.22. The maximum absolute atomic E-state index is 11.6. The molecule has 2 N–H and O–H groups in total. The molecule has 8 nitrogen and oxygen atoms in total. The first-order valence-electron chi connectivity index (χ1n) is 5.07. The summed E-state index contributed by atoms with van der Waals surface area (Å²) in [6, 6.07) is 0. The third-order valence-corrected chi connectivity index (χ3v) is 6.13. The molecule has 0 aromatic carbocycles. The van der Waals surface area contributed by atoms with Crippen molar-refractivity contribution >= 4 is 25.8 Å². The first kappa shape index (κ1) is 15.3. The number of rotatable bonds is 5. The highest BCUT2D eigenvalue weighted by atomic mass is 32.3. The number of hydrogen-bond donors (Lipinski definition) is 2. The number of carbonyl (C=O) groups is 1. The lowest BCUT2D eigenvalue weighted by Crippen LogP contribution is -2.58. The Kier molecular flexibility index (Phi) is 4.36. The van der Waals surface area contributed by atoms with Gasteiger partial charge in [0, 0.05) is 32.3 Å². The molecule has 0 aromatic heterocycles. The molecule has 0 aliphatic carbocycles. The van der Waals surface area contributed by atoms with Gasteiger partial charge in [0.2, 0.25) is 10.0 Å². The van der Waals surface area contributed by atoms with Crippen molar-refractivity contribution in [2.24, 2.45) is 0 Å². The standard InChI is InChI=1S/C8H15NO7S2/c1-17(12,13)6-18(14,15)9-8(7(10)11)2-4-16-5-3-8/h9H,2-6H2,1H3,(H,10,11). The van der Waals surface area contributed by atoms with E-state index in [4.69, 9.17) is 9.84 Å². The highest BCUT2D eigenvalue weighted by Crippen LogP contribution is 2.22. The molecule has 0 amide bonds. The number of ether oxygens (including phenoxy) is 1. The number of nitrogens with one attached hydrogen (secondary N) is 1. The molecule has 1 heterocycles. The summed E-state index contributed by atoms with van der Waals surface area (Å²) in [6.45, 7) is 0.210. The zero-order valence-corrected chi connectivity index (χ0v) is 11.4. The normalized spacial score (nSPS) is 20.5. The molecule has 0 bridgehead atoms. The molecule has 1 rings (SSSR count). The van der Waals surface area contributed by atoms with Crippen LogP contribution in [-0.2, 0) is 29.4 Å². The van der Waals surface area contributed by atoms with Crippen LogP contribution in [0.4, 0.5) is 0 Å². The Balaban J connectivity index is 2.94. The van der Waals surface area contributed by atoms with E-state index in [9.17, 15) is 21.6 Å². The highest BCUT2D eigenvalue weighted by Gasteiger charge is 2.44. The second-order valence-corrected chi connectivity index (χ2v) is 8.49. The molecule has 0 saturated carbocycles. The van der Waals surface area contributed by atoms with Crippen LogP contribution in [0.15, 0.2) is 0 Å². The van der Waals surface area contributed by atoms with E-state index in [2.05, 4.69) is 0 Å².